The van der Waals surface area contributed by atoms with Crippen molar-refractivity contribution in [3.8, 4) is 11.5 Å². The minimum absolute atomic E-state index is 0.109. The molecule has 3 heterocycles. The minimum Gasteiger partial charge on any atom is -0.454 e. The van der Waals surface area contributed by atoms with Crippen LogP contribution < -0.4 is 14.8 Å². The number of hydrogen-bond donors (Lipinski definition) is 1. The van der Waals surface area contributed by atoms with Crippen LogP contribution in [0.3, 0.4) is 0 Å². The normalized spacial score (nSPS) is 16.7. The fraction of sp³-hybridized carbons (Fsp3) is 0.278. The van der Waals surface area contributed by atoms with Crippen molar-refractivity contribution in [1.29, 1.82) is 0 Å². The Bertz CT molecular complexity index is 975. The van der Waals surface area contributed by atoms with Crippen molar-refractivity contribution >= 4 is 34.9 Å². The zero-order chi connectivity index (χ0) is 20.2. The number of ether oxygens (including phenoxy) is 2. The maximum Gasteiger partial charge on any atom is 0.293 e. The summed E-state index contributed by atoms with van der Waals surface area (Å²) in [6, 6.07) is 5.30. The molecule has 29 heavy (non-hydrogen) atoms. The molecule has 0 bridgehead atoms. The largest absolute Gasteiger partial charge is 0.454 e. The fourth-order valence-electron chi connectivity index (χ4n) is 2.81. The number of hydrogen-bond acceptors (Lipinski definition) is 8. The van der Waals surface area contributed by atoms with Crippen molar-refractivity contribution in [2.24, 2.45) is 0 Å². The molecule has 10 nitrogen and oxygen atoms in total. The Morgan fingerprint density at radius 3 is 2.93 bits per heavy atom. The number of fused-ring (bicyclic) bond motifs is 1. The Labute approximate surface area is 169 Å². The second-order valence-electron chi connectivity index (χ2n) is 6.21. The number of thioether (sulfide) groups is 1. The average Bonchev–Trinajstić information content (AvgIpc) is 3.44. The van der Waals surface area contributed by atoms with E-state index in [1.54, 1.807) is 35.2 Å². The van der Waals surface area contributed by atoms with Gasteiger partial charge in [-0.05, 0) is 35.5 Å². The number of nitrogens with one attached hydrogen (secondary N) is 1. The summed E-state index contributed by atoms with van der Waals surface area (Å²) in [7, 11) is 0. The lowest BCUT2D eigenvalue weighted by Crippen LogP contribution is -2.37. The quantitative estimate of drug-likeness (QED) is 0.672. The summed E-state index contributed by atoms with van der Waals surface area (Å²) >= 11 is 0.872. The predicted molar refractivity (Wildman–Crippen MR) is 103 cm³/mol. The van der Waals surface area contributed by atoms with Crippen LogP contribution in [0.4, 0.5) is 4.79 Å². The van der Waals surface area contributed by atoms with Gasteiger partial charge in [-0.15, -0.1) is 5.10 Å². The first-order valence-corrected chi connectivity index (χ1v) is 9.67. The van der Waals surface area contributed by atoms with Crippen molar-refractivity contribution < 1.29 is 23.9 Å². The molecule has 0 radical (unpaired) electrons. The Morgan fingerprint density at radius 2 is 2.10 bits per heavy atom. The van der Waals surface area contributed by atoms with E-state index in [1.807, 2.05) is 0 Å². The van der Waals surface area contributed by atoms with Gasteiger partial charge in [-0.3, -0.25) is 24.0 Å². The van der Waals surface area contributed by atoms with Gasteiger partial charge in [-0.2, -0.15) is 0 Å². The van der Waals surface area contributed by atoms with E-state index in [0.29, 0.717) is 22.9 Å². The molecule has 2 aliphatic heterocycles. The van der Waals surface area contributed by atoms with Crippen LogP contribution in [0, 0.1) is 0 Å². The molecule has 0 atom stereocenters. The highest BCUT2D eigenvalue weighted by Gasteiger charge is 2.34. The van der Waals surface area contributed by atoms with E-state index >= 15 is 0 Å². The fourth-order valence-corrected chi connectivity index (χ4v) is 3.68. The van der Waals surface area contributed by atoms with Crippen molar-refractivity contribution in [2.45, 2.75) is 13.0 Å². The van der Waals surface area contributed by atoms with Gasteiger partial charge in [0.1, 0.15) is 0 Å². The average molecular weight is 415 g/mol. The molecule has 2 aliphatic rings. The highest BCUT2D eigenvalue weighted by Crippen LogP contribution is 2.36. The molecule has 1 saturated heterocycles. The van der Waals surface area contributed by atoms with Gasteiger partial charge in [-0.25, -0.2) is 0 Å². The van der Waals surface area contributed by atoms with E-state index in [4.69, 9.17) is 9.47 Å². The summed E-state index contributed by atoms with van der Waals surface area (Å²) in [5.74, 6) is 0.680. The van der Waals surface area contributed by atoms with Crippen LogP contribution in [0.2, 0.25) is 0 Å². The second kappa shape index (κ2) is 8.35. The molecular formula is C18H17N5O5S. The molecule has 150 valence electrons. The van der Waals surface area contributed by atoms with Crippen LogP contribution in [-0.2, 0) is 16.1 Å². The molecule has 0 unspecified atom stereocenters. The number of carbonyl (C=O) groups excluding carboxylic acids is 3. The van der Waals surface area contributed by atoms with E-state index < -0.39 is 0 Å². The Kier molecular flexibility index (Phi) is 5.47. The zero-order valence-electron chi connectivity index (χ0n) is 15.2. The zero-order valence-corrected chi connectivity index (χ0v) is 16.1. The lowest BCUT2D eigenvalue weighted by molar-refractivity contribution is -0.124. The highest BCUT2D eigenvalue weighted by molar-refractivity contribution is 8.18. The van der Waals surface area contributed by atoms with Crippen LogP contribution in [0.15, 0.2) is 35.5 Å². The van der Waals surface area contributed by atoms with Gasteiger partial charge in [0, 0.05) is 25.7 Å². The van der Waals surface area contributed by atoms with Gasteiger partial charge < -0.3 is 14.8 Å². The molecule has 4 rings (SSSR count). The van der Waals surface area contributed by atoms with E-state index in [1.165, 1.54) is 6.20 Å². The number of imide groups is 1. The molecule has 1 N–H and O–H groups in total. The van der Waals surface area contributed by atoms with Crippen LogP contribution in [0.1, 0.15) is 12.0 Å². The summed E-state index contributed by atoms with van der Waals surface area (Å²) in [5, 5.41) is 9.78. The summed E-state index contributed by atoms with van der Waals surface area (Å²) < 4.78 is 12.1. The first-order chi connectivity index (χ1) is 14.1. The third-order valence-corrected chi connectivity index (χ3v) is 5.17. The van der Waals surface area contributed by atoms with Gasteiger partial charge in [0.15, 0.2) is 11.5 Å². The van der Waals surface area contributed by atoms with Crippen molar-refractivity contribution in [3.05, 3.63) is 41.1 Å². The van der Waals surface area contributed by atoms with E-state index in [2.05, 4.69) is 15.6 Å². The number of amides is 3. The van der Waals surface area contributed by atoms with E-state index in [9.17, 15) is 14.4 Å². The van der Waals surface area contributed by atoms with Crippen molar-refractivity contribution in [2.75, 3.05) is 19.9 Å². The van der Waals surface area contributed by atoms with E-state index in [0.717, 1.165) is 22.2 Å². The van der Waals surface area contributed by atoms with Gasteiger partial charge in [0.2, 0.25) is 12.7 Å². The third kappa shape index (κ3) is 4.40. The molecule has 1 aromatic carbocycles. The van der Waals surface area contributed by atoms with Crippen LogP contribution >= 0.6 is 11.8 Å². The number of carbonyl (C=O) groups is 3. The summed E-state index contributed by atoms with van der Waals surface area (Å²) in [4.78, 5) is 38.0. The molecule has 11 heteroatoms. The summed E-state index contributed by atoms with van der Waals surface area (Å²) in [6.45, 7) is 0.870. The maximum absolute atomic E-state index is 12.5. The van der Waals surface area contributed by atoms with Crippen LogP contribution in [0.5, 0.6) is 11.5 Å². The second-order valence-corrected chi connectivity index (χ2v) is 7.21. The molecular weight excluding hydrogens is 398 g/mol. The van der Waals surface area contributed by atoms with Gasteiger partial charge in [0.05, 0.1) is 17.6 Å². The molecule has 0 spiro atoms. The predicted octanol–water partition coefficient (Wildman–Crippen LogP) is 1.25. The standard InChI is InChI=1S/C18H17N5O5S/c24-16(3-6-22-7-5-20-21-22)19-4-8-23-17(25)15(29-18(23)26)10-12-1-2-13-14(9-12)28-11-27-13/h1-2,5,7,9-10H,3-4,6,8,11H2,(H,19,24)/b15-10+. The van der Waals surface area contributed by atoms with Crippen LogP contribution in [0.25, 0.3) is 6.08 Å². The molecule has 1 fully saturated rings. The highest BCUT2D eigenvalue weighted by atomic mass is 32.2. The smallest absolute Gasteiger partial charge is 0.293 e. The van der Waals surface area contributed by atoms with Gasteiger partial charge in [-0.1, -0.05) is 11.3 Å². The molecule has 1 aromatic heterocycles. The Morgan fingerprint density at radius 1 is 1.24 bits per heavy atom. The monoisotopic (exact) mass is 415 g/mol. The first kappa shape index (κ1) is 19.0. The minimum atomic E-state index is -0.380. The van der Waals surface area contributed by atoms with Crippen molar-refractivity contribution in [1.82, 2.24) is 25.2 Å². The number of benzene rings is 1. The van der Waals surface area contributed by atoms with Gasteiger partial charge in [0.25, 0.3) is 11.1 Å². The number of nitrogens with zero attached hydrogens (tertiary/aromatic N) is 4. The third-order valence-electron chi connectivity index (χ3n) is 4.27. The molecule has 0 saturated carbocycles. The Hall–Kier alpha value is -3.34. The van der Waals surface area contributed by atoms with E-state index in [-0.39, 0.29) is 43.4 Å². The van der Waals surface area contributed by atoms with Crippen LogP contribution in [-0.4, -0.2) is 56.8 Å². The lowest BCUT2D eigenvalue weighted by atomic mass is 10.2. The SMILES string of the molecule is O=C(CCn1ccnn1)NCCN1C(=O)S/C(=C/c2ccc3c(c2)OCO3)C1=O. The number of aryl methyl sites for hydroxylation is 1. The molecule has 2 aromatic rings. The number of rotatable bonds is 7. The molecule has 3 amide bonds. The lowest BCUT2D eigenvalue weighted by Gasteiger charge is -2.13. The summed E-state index contributed by atoms with van der Waals surface area (Å²) in [6.07, 6.45) is 5.08. The summed E-state index contributed by atoms with van der Waals surface area (Å²) in [5.41, 5.74) is 0.737. The first-order valence-electron chi connectivity index (χ1n) is 8.86. The molecule has 0 aliphatic carbocycles. The maximum atomic E-state index is 12.5. The van der Waals surface area contributed by atoms with Crippen molar-refractivity contribution in [3.63, 3.8) is 0 Å². The Balaban J connectivity index is 1.29. The number of aromatic nitrogens is 3. The van der Waals surface area contributed by atoms with Gasteiger partial charge >= 0.3 is 0 Å². The topological polar surface area (TPSA) is 116 Å².